The van der Waals surface area contributed by atoms with Crippen molar-refractivity contribution in [2.45, 2.75) is 19.9 Å². The lowest BCUT2D eigenvalue weighted by Gasteiger charge is -2.19. The van der Waals surface area contributed by atoms with Crippen LogP contribution in [0.1, 0.15) is 22.9 Å². The van der Waals surface area contributed by atoms with Gasteiger partial charge in [0.25, 0.3) is 0 Å². The van der Waals surface area contributed by atoms with Crippen LogP contribution in [0.5, 0.6) is 5.88 Å². The van der Waals surface area contributed by atoms with Gasteiger partial charge < -0.3 is 15.2 Å². The van der Waals surface area contributed by atoms with Gasteiger partial charge in [-0.1, -0.05) is 0 Å². The Kier molecular flexibility index (Phi) is 4.47. The average molecular weight is 293 g/mol. The maximum atomic E-state index is 13.5. The van der Waals surface area contributed by atoms with Crippen LogP contribution in [0.2, 0.25) is 0 Å². The van der Waals surface area contributed by atoms with Crippen LogP contribution in [0.3, 0.4) is 0 Å². The summed E-state index contributed by atoms with van der Waals surface area (Å²) >= 11 is 0. The third-order valence-electron chi connectivity index (χ3n) is 3.32. The molecule has 0 aliphatic rings. The first kappa shape index (κ1) is 15.3. The number of methoxy groups -OCH3 is 1. The van der Waals surface area contributed by atoms with Gasteiger partial charge in [-0.05, 0) is 37.6 Å². The van der Waals surface area contributed by atoms with Crippen LogP contribution in [0.4, 0.5) is 10.1 Å². The van der Waals surface area contributed by atoms with Crippen LogP contribution >= 0.6 is 0 Å². The summed E-state index contributed by atoms with van der Waals surface area (Å²) in [6.45, 7) is 3.51. The second kappa shape index (κ2) is 6.13. The fourth-order valence-corrected chi connectivity index (χ4v) is 2.53. The number of halogens is 1. The number of aromatic nitrogens is 2. The van der Waals surface area contributed by atoms with E-state index in [4.69, 9.17) is 4.74 Å². The Balaban J connectivity index is 2.36. The van der Waals surface area contributed by atoms with Crippen molar-refractivity contribution in [1.29, 1.82) is 0 Å². The van der Waals surface area contributed by atoms with E-state index in [0.717, 1.165) is 16.8 Å². The highest BCUT2D eigenvalue weighted by molar-refractivity contribution is 5.50. The predicted octanol–water partition coefficient (Wildman–Crippen LogP) is 2.33. The van der Waals surface area contributed by atoms with Gasteiger partial charge in [-0.15, -0.1) is 0 Å². The maximum Gasteiger partial charge on any atom is 0.216 e. The minimum absolute atomic E-state index is 0.154. The number of anilines is 1. The number of nitrogens with one attached hydrogen (secondary N) is 1. The Morgan fingerprint density at radius 2 is 2.10 bits per heavy atom. The molecule has 5 nitrogen and oxygen atoms in total. The summed E-state index contributed by atoms with van der Waals surface area (Å²) in [4.78, 5) is 0. The van der Waals surface area contributed by atoms with Gasteiger partial charge in [-0.3, -0.25) is 0 Å². The summed E-state index contributed by atoms with van der Waals surface area (Å²) in [5, 5.41) is 17.1. The van der Waals surface area contributed by atoms with Crippen molar-refractivity contribution in [2.24, 2.45) is 7.05 Å². The first-order valence-electron chi connectivity index (χ1n) is 6.68. The molecule has 21 heavy (non-hydrogen) atoms. The summed E-state index contributed by atoms with van der Waals surface area (Å²) in [5.74, 6) is 0.260. The lowest BCUT2D eigenvalue weighted by molar-refractivity contribution is 0.271. The third kappa shape index (κ3) is 3.16. The fourth-order valence-electron chi connectivity index (χ4n) is 2.53. The normalized spacial score (nSPS) is 12.3. The van der Waals surface area contributed by atoms with Gasteiger partial charge in [0.15, 0.2) is 0 Å². The molecule has 1 aromatic carbocycles. The van der Waals surface area contributed by atoms with Crippen molar-refractivity contribution in [3.63, 3.8) is 0 Å². The molecule has 0 amide bonds. The lowest BCUT2D eigenvalue weighted by Crippen LogP contribution is -2.16. The van der Waals surface area contributed by atoms with Crippen molar-refractivity contribution < 1.29 is 14.2 Å². The molecule has 1 unspecified atom stereocenters. The predicted molar refractivity (Wildman–Crippen MR) is 79.1 cm³/mol. The van der Waals surface area contributed by atoms with Crippen LogP contribution < -0.4 is 10.1 Å². The number of nitrogens with zero attached hydrogens (tertiary/aromatic N) is 2. The zero-order valence-electron chi connectivity index (χ0n) is 12.6. The minimum atomic E-state index is -0.421. The molecule has 2 N–H and O–H groups in total. The van der Waals surface area contributed by atoms with Crippen LogP contribution in [0, 0.1) is 19.7 Å². The standard InChI is InChI=1S/C15H20FN3O2/c1-9-5-11(16)7-12(6-9)17-13(8-20)14-10(2)18-19(3)15(14)21-4/h5-7,13,17,20H,8H2,1-4H3. The van der Waals surface area contributed by atoms with Gasteiger partial charge >= 0.3 is 0 Å². The van der Waals surface area contributed by atoms with E-state index < -0.39 is 6.04 Å². The minimum Gasteiger partial charge on any atom is -0.481 e. The summed E-state index contributed by atoms with van der Waals surface area (Å²) in [5.41, 5.74) is 2.94. The second-order valence-electron chi connectivity index (χ2n) is 5.03. The molecule has 2 aromatic rings. The van der Waals surface area contributed by atoms with Crippen molar-refractivity contribution in [3.05, 3.63) is 40.8 Å². The first-order chi connectivity index (χ1) is 9.96. The zero-order valence-corrected chi connectivity index (χ0v) is 12.6. The van der Waals surface area contributed by atoms with Gasteiger partial charge in [-0.25, -0.2) is 9.07 Å². The van der Waals surface area contributed by atoms with E-state index in [9.17, 15) is 9.50 Å². The molecule has 0 bridgehead atoms. The lowest BCUT2D eigenvalue weighted by atomic mass is 10.1. The largest absolute Gasteiger partial charge is 0.481 e. The van der Waals surface area contributed by atoms with E-state index in [-0.39, 0.29) is 12.4 Å². The van der Waals surface area contributed by atoms with Crippen molar-refractivity contribution in [3.8, 4) is 5.88 Å². The number of aryl methyl sites for hydroxylation is 3. The van der Waals surface area contributed by atoms with Gasteiger partial charge in [0.05, 0.1) is 31.0 Å². The second-order valence-corrected chi connectivity index (χ2v) is 5.03. The van der Waals surface area contributed by atoms with Gasteiger partial charge in [0, 0.05) is 12.7 Å². The third-order valence-corrected chi connectivity index (χ3v) is 3.32. The Morgan fingerprint density at radius 1 is 1.38 bits per heavy atom. The molecule has 2 rings (SSSR count). The number of hydrogen-bond acceptors (Lipinski definition) is 4. The van der Waals surface area contributed by atoms with E-state index in [1.54, 1.807) is 18.8 Å². The Hall–Kier alpha value is -2.08. The quantitative estimate of drug-likeness (QED) is 0.888. The van der Waals surface area contributed by atoms with Crippen LogP contribution in [0.25, 0.3) is 0 Å². The average Bonchev–Trinajstić information content (AvgIpc) is 2.69. The molecule has 1 aromatic heterocycles. The first-order valence-corrected chi connectivity index (χ1v) is 6.68. The van der Waals surface area contributed by atoms with E-state index in [2.05, 4.69) is 10.4 Å². The van der Waals surface area contributed by atoms with Gasteiger partial charge in [0.1, 0.15) is 5.82 Å². The fraction of sp³-hybridized carbons (Fsp3) is 0.400. The molecule has 0 spiro atoms. The number of rotatable bonds is 5. The van der Waals surface area contributed by atoms with Crippen molar-refractivity contribution in [2.75, 3.05) is 19.0 Å². The topological polar surface area (TPSA) is 59.3 Å². The number of hydrogen-bond donors (Lipinski definition) is 2. The summed E-state index contributed by atoms with van der Waals surface area (Å²) < 4.78 is 20.4. The van der Waals surface area contributed by atoms with Crippen LogP contribution in [0.15, 0.2) is 18.2 Å². The Labute approximate surface area is 123 Å². The van der Waals surface area contributed by atoms with E-state index in [1.165, 1.54) is 12.1 Å². The molecule has 6 heteroatoms. The molecular formula is C15H20FN3O2. The van der Waals surface area contributed by atoms with Gasteiger partial charge in [-0.2, -0.15) is 5.10 Å². The van der Waals surface area contributed by atoms with Crippen molar-refractivity contribution in [1.82, 2.24) is 9.78 Å². The number of aliphatic hydroxyl groups is 1. The Morgan fingerprint density at radius 3 is 2.67 bits per heavy atom. The molecule has 0 aliphatic heterocycles. The van der Waals surface area contributed by atoms with E-state index >= 15 is 0 Å². The summed E-state index contributed by atoms with van der Waals surface area (Å²) in [6, 6.07) is 4.25. The molecule has 0 aliphatic carbocycles. The van der Waals surface area contributed by atoms with Gasteiger partial charge in [0.2, 0.25) is 5.88 Å². The van der Waals surface area contributed by atoms with Crippen LogP contribution in [-0.4, -0.2) is 28.6 Å². The maximum absolute atomic E-state index is 13.5. The number of benzene rings is 1. The Bertz CT molecular complexity index is 620. The van der Waals surface area contributed by atoms with E-state index in [1.807, 2.05) is 19.9 Å². The highest BCUT2D eigenvalue weighted by atomic mass is 19.1. The molecule has 0 saturated heterocycles. The van der Waals surface area contributed by atoms with E-state index in [0.29, 0.717) is 11.6 Å². The molecular weight excluding hydrogens is 273 g/mol. The molecule has 1 atom stereocenters. The molecule has 0 saturated carbocycles. The molecule has 1 heterocycles. The SMILES string of the molecule is COc1c(C(CO)Nc2cc(C)cc(F)c2)c(C)nn1C. The molecule has 114 valence electrons. The summed E-state index contributed by atoms with van der Waals surface area (Å²) in [6.07, 6.45) is 0. The smallest absolute Gasteiger partial charge is 0.216 e. The monoisotopic (exact) mass is 293 g/mol. The van der Waals surface area contributed by atoms with Crippen molar-refractivity contribution >= 4 is 5.69 Å². The molecule has 0 fully saturated rings. The molecule has 0 radical (unpaired) electrons. The van der Waals surface area contributed by atoms with Crippen LogP contribution in [-0.2, 0) is 7.05 Å². The number of ether oxygens (including phenoxy) is 1. The zero-order chi connectivity index (χ0) is 15.6. The number of aliphatic hydroxyl groups excluding tert-OH is 1. The highest BCUT2D eigenvalue weighted by Gasteiger charge is 2.23. The highest BCUT2D eigenvalue weighted by Crippen LogP contribution is 2.30. The summed E-state index contributed by atoms with van der Waals surface area (Å²) in [7, 11) is 3.33.